The lowest BCUT2D eigenvalue weighted by molar-refractivity contribution is 0.0586. The Hall–Kier alpha value is -1.69. The molecule has 0 spiro atoms. The van der Waals surface area contributed by atoms with Crippen LogP contribution in [-0.2, 0) is 4.74 Å². The van der Waals surface area contributed by atoms with Crippen molar-refractivity contribution in [3.05, 3.63) is 17.6 Å². The van der Waals surface area contributed by atoms with E-state index in [2.05, 4.69) is 27.1 Å². The predicted octanol–water partition coefficient (Wildman–Crippen LogP) is 1.54. The maximum Gasteiger partial charge on any atom is 0.376 e. The Balaban J connectivity index is 2.21. The van der Waals surface area contributed by atoms with Crippen molar-refractivity contribution in [2.75, 3.05) is 31.6 Å². The summed E-state index contributed by atoms with van der Waals surface area (Å²) in [6, 6.07) is 2.42. The van der Waals surface area contributed by atoms with Crippen LogP contribution in [0.4, 0.5) is 5.82 Å². The minimum Gasteiger partial charge on any atom is -0.463 e. The number of hydrogen-bond acceptors (Lipinski definition) is 6. The number of carbonyl (C=O) groups is 1. The van der Waals surface area contributed by atoms with Crippen molar-refractivity contribution in [3.63, 3.8) is 0 Å². The van der Waals surface area contributed by atoms with Crippen molar-refractivity contribution in [2.45, 2.75) is 39.2 Å². The van der Waals surface area contributed by atoms with Gasteiger partial charge in [0, 0.05) is 30.9 Å². The first kappa shape index (κ1) is 15.7. The van der Waals surface area contributed by atoms with E-state index in [0.717, 1.165) is 37.6 Å². The molecule has 1 N–H and O–H groups in total. The first-order valence-corrected chi connectivity index (χ1v) is 7.56. The molecule has 1 aromatic rings. The quantitative estimate of drug-likeness (QED) is 0.802. The van der Waals surface area contributed by atoms with Crippen molar-refractivity contribution in [2.24, 2.45) is 0 Å². The van der Waals surface area contributed by atoms with Crippen molar-refractivity contribution >= 4 is 11.8 Å². The van der Waals surface area contributed by atoms with Crippen molar-refractivity contribution < 1.29 is 9.53 Å². The molecule has 1 unspecified atom stereocenters. The van der Waals surface area contributed by atoms with Gasteiger partial charge in [-0.05, 0) is 32.7 Å². The molecule has 6 heteroatoms. The fourth-order valence-corrected chi connectivity index (χ4v) is 2.64. The smallest absolute Gasteiger partial charge is 0.376 e. The normalized spacial score (nSPS) is 17.8. The van der Waals surface area contributed by atoms with Gasteiger partial charge in [0.1, 0.15) is 5.82 Å². The van der Waals surface area contributed by atoms with Crippen LogP contribution in [0.15, 0.2) is 6.07 Å². The molecule has 1 fully saturated rings. The van der Waals surface area contributed by atoms with Gasteiger partial charge in [0.2, 0.25) is 5.82 Å². The van der Waals surface area contributed by atoms with Crippen LogP contribution in [0.25, 0.3) is 0 Å². The monoisotopic (exact) mass is 292 g/mol. The van der Waals surface area contributed by atoms with Crippen LogP contribution in [0, 0.1) is 6.92 Å². The first-order valence-electron chi connectivity index (χ1n) is 7.56. The topological polar surface area (TPSA) is 67.4 Å². The van der Waals surface area contributed by atoms with Gasteiger partial charge in [0.25, 0.3) is 0 Å². The number of ether oxygens (including phenoxy) is 1. The summed E-state index contributed by atoms with van der Waals surface area (Å²) in [6.07, 6.45) is 3.44. The highest BCUT2D eigenvalue weighted by atomic mass is 16.5. The lowest BCUT2D eigenvalue weighted by Gasteiger charge is -2.26. The number of methoxy groups -OCH3 is 1. The number of hydrogen-bond donors (Lipinski definition) is 1. The van der Waals surface area contributed by atoms with E-state index in [1.54, 1.807) is 0 Å². The van der Waals surface area contributed by atoms with Gasteiger partial charge < -0.3 is 15.0 Å². The molecular formula is C15H24N4O2. The summed E-state index contributed by atoms with van der Waals surface area (Å²) >= 11 is 0. The Bertz CT molecular complexity index is 487. The molecule has 0 radical (unpaired) electrons. The maximum absolute atomic E-state index is 11.7. The van der Waals surface area contributed by atoms with Crippen LogP contribution in [0.5, 0.6) is 0 Å². The highest BCUT2D eigenvalue weighted by Gasteiger charge is 2.20. The Morgan fingerprint density at radius 3 is 2.95 bits per heavy atom. The van der Waals surface area contributed by atoms with Gasteiger partial charge in [0.05, 0.1) is 7.11 Å². The van der Waals surface area contributed by atoms with E-state index in [-0.39, 0.29) is 5.82 Å². The largest absolute Gasteiger partial charge is 0.463 e. The third kappa shape index (κ3) is 4.14. The number of esters is 1. The molecule has 0 amide bonds. The highest BCUT2D eigenvalue weighted by Crippen LogP contribution is 2.16. The summed E-state index contributed by atoms with van der Waals surface area (Å²) < 4.78 is 4.72. The zero-order chi connectivity index (χ0) is 15.2. The van der Waals surface area contributed by atoms with E-state index in [9.17, 15) is 4.79 Å². The molecule has 1 aliphatic heterocycles. The molecule has 6 nitrogen and oxygen atoms in total. The molecule has 0 bridgehead atoms. The molecule has 0 aliphatic carbocycles. The number of rotatable bonds is 6. The minimum atomic E-state index is -0.490. The zero-order valence-electron chi connectivity index (χ0n) is 13.1. The molecule has 1 aromatic heterocycles. The molecular weight excluding hydrogens is 268 g/mol. The SMILES string of the molecule is CCCN(CC1CCCN1)c1cc(C)nc(C(=O)OC)n1. The van der Waals surface area contributed by atoms with Crippen molar-refractivity contribution in [3.8, 4) is 0 Å². The molecule has 1 atom stereocenters. The van der Waals surface area contributed by atoms with Crippen LogP contribution in [0.1, 0.15) is 42.5 Å². The lowest BCUT2D eigenvalue weighted by Crippen LogP contribution is -2.38. The van der Waals surface area contributed by atoms with Gasteiger partial charge in [-0.2, -0.15) is 0 Å². The number of anilines is 1. The second kappa shape index (κ2) is 7.36. The van der Waals surface area contributed by atoms with E-state index in [4.69, 9.17) is 4.74 Å². The van der Waals surface area contributed by atoms with Gasteiger partial charge in [-0.25, -0.2) is 14.8 Å². The summed E-state index contributed by atoms with van der Waals surface area (Å²) in [5.41, 5.74) is 0.779. The van der Waals surface area contributed by atoms with Gasteiger partial charge in [-0.15, -0.1) is 0 Å². The van der Waals surface area contributed by atoms with Crippen molar-refractivity contribution in [1.29, 1.82) is 0 Å². The van der Waals surface area contributed by atoms with Crippen LogP contribution >= 0.6 is 0 Å². The molecule has 2 heterocycles. The van der Waals surface area contributed by atoms with Gasteiger partial charge >= 0.3 is 5.97 Å². The summed E-state index contributed by atoms with van der Waals surface area (Å²) in [6.45, 7) is 6.92. The number of carbonyl (C=O) groups excluding carboxylic acids is 1. The average Bonchev–Trinajstić information content (AvgIpc) is 2.98. The van der Waals surface area contributed by atoms with Gasteiger partial charge in [-0.3, -0.25) is 0 Å². The molecule has 1 saturated heterocycles. The van der Waals surface area contributed by atoms with E-state index >= 15 is 0 Å². The lowest BCUT2D eigenvalue weighted by atomic mass is 10.2. The summed E-state index contributed by atoms with van der Waals surface area (Å²) in [5, 5.41) is 3.50. The first-order chi connectivity index (χ1) is 10.1. The molecule has 116 valence electrons. The Morgan fingerprint density at radius 1 is 1.52 bits per heavy atom. The molecule has 1 aliphatic rings. The van der Waals surface area contributed by atoms with Crippen LogP contribution in [-0.4, -0.2) is 48.7 Å². The predicted molar refractivity (Wildman–Crippen MR) is 81.6 cm³/mol. The van der Waals surface area contributed by atoms with Crippen LogP contribution < -0.4 is 10.2 Å². The Morgan fingerprint density at radius 2 is 2.33 bits per heavy atom. The standard InChI is InChI=1S/C15H24N4O2/c1-4-8-19(10-12-6-5-7-16-12)13-9-11(2)17-14(18-13)15(20)21-3/h9,12,16H,4-8,10H2,1-3H3. The third-order valence-electron chi connectivity index (χ3n) is 3.63. The molecule has 2 rings (SSSR count). The zero-order valence-corrected chi connectivity index (χ0v) is 13.1. The Kier molecular flexibility index (Phi) is 5.50. The van der Waals surface area contributed by atoms with Gasteiger partial charge in [0.15, 0.2) is 0 Å². The Labute approximate surface area is 125 Å². The summed E-state index contributed by atoms with van der Waals surface area (Å²) in [4.78, 5) is 22.4. The maximum atomic E-state index is 11.7. The highest BCUT2D eigenvalue weighted by molar-refractivity contribution is 5.85. The number of nitrogens with one attached hydrogen (secondary N) is 1. The number of aromatic nitrogens is 2. The molecule has 0 saturated carbocycles. The summed E-state index contributed by atoms with van der Waals surface area (Å²) in [5.74, 6) is 0.446. The second-order valence-corrected chi connectivity index (χ2v) is 5.42. The second-order valence-electron chi connectivity index (χ2n) is 5.42. The number of aryl methyl sites for hydroxylation is 1. The van der Waals surface area contributed by atoms with Gasteiger partial charge in [-0.1, -0.05) is 6.92 Å². The van der Waals surface area contributed by atoms with E-state index in [1.807, 2.05) is 13.0 Å². The van der Waals surface area contributed by atoms with E-state index in [0.29, 0.717) is 6.04 Å². The minimum absolute atomic E-state index is 0.132. The van der Waals surface area contributed by atoms with Crippen LogP contribution in [0.3, 0.4) is 0 Å². The molecule has 21 heavy (non-hydrogen) atoms. The molecule has 0 aromatic carbocycles. The van der Waals surface area contributed by atoms with E-state index in [1.165, 1.54) is 20.0 Å². The summed E-state index contributed by atoms with van der Waals surface area (Å²) in [7, 11) is 1.35. The fraction of sp³-hybridized carbons (Fsp3) is 0.667. The third-order valence-corrected chi connectivity index (χ3v) is 3.63. The fourth-order valence-electron chi connectivity index (χ4n) is 2.64. The average molecular weight is 292 g/mol. The van der Waals surface area contributed by atoms with Crippen LogP contribution in [0.2, 0.25) is 0 Å². The number of nitrogens with zero attached hydrogens (tertiary/aromatic N) is 3. The van der Waals surface area contributed by atoms with Crippen molar-refractivity contribution in [1.82, 2.24) is 15.3 Å². The van der Waals surface area contributed by atoms with E-state index < -0.39 is 5.97 Å².